The quantitative estimate of drug-likeness (QED) is 0.308. The molecule has 1 aliphatic heterocycles. The van der Waals surface area contributed by atoms with Crippen molar-refractivity contribution in [1.82, 2.24) is 14.4 Å². The van der Waals surface area contributed by atoms with Gasteiger partial charge in [-0.1, -0.05) is 97.1 Å². The molecule has 4 aromatic carbocycles. The Morgan fingerprint density at radius 2 is 1.26 bits per heavy atom. The highest BCUT2D eigenvalue weighted by atomic mass is 16.3. The molecule has 1 aliphatic rings. The molecule has 1 atom stereocenters. The summed E-state index contributed by atoms with van der Waals surface area (Å²) in [6, 6.07) is 34.2. The number of aliphatic hydroxyl groups excluding tert-OH is 2. The van der Waals surface area contributed by atoms with E-state index in [2.05, 4.69) is 111 Å². The van der Waals surface area contributed by atoms with Gasteiger partial charge in [-0.25, -0.2) is 0 Å². The van der Waals surface area contributed by atoms with E-state index in [1.807, 2.05) is 0 Å². The van der Waals surface area contributed by atoms with Crippen molar-refractivity contribution in [2.45, 2.75) is 12.6 Å². The predicted octanol–water partition coefficient (Wildman–Crippen LogP) is 5.10. The van der Waals surface area contributed by atoms with Crippen LogP contribution in [0.5, 0.6) is 0 Å². The number of rotatable bonds is 8. The van der Waals surface area contributed by atoms with Crippen molar-refractivity contribution >= 4 is 21.7 Å². The molecule has 0 unspecified atom stereocenters. The summed E-state index contributed by atoms with van der Waals surface area (Å²) >= 11 is 0. The van der Waals surface area contributed by atoms with Gasteiger partial charge >= 0.3 is 0 Å². The lowest BCUT2D eigenvalue weighted by Crippen LogP contribution is -2.49. The number of hydrogen-bond donors (Lipinski definition) is 2. The third-order valence-electron chi connectivity index (χ3n) is 7.80. The Kier molecular flexibility index (Phi) is 7.25. The van der Waals surface area contributed by atoms with Crippen LogP contribution in [-0.4, -0.2) is 76.6 Å². The van der Waals surface area contributed by atoms with Crippen LogP contribution in [-0.2, 0) is 6.54 Å². The highest BCUT2D eigenvalue weighted by Gasteiger charge is 2.25. The van der Waals surface area contributed by atoms with Gasteiger partial charge in [0.15, 0.2) is 0 Å². The Hall–Kier alpha value is -3.48. The van der Waals surface area contributed by atoms with E-state index < -0.39 is 6.10 Å². The van der Waals surface area contributed by atoms with Gasteiger partial charge in [-0.3, -0.25) is 9.80 Å². The van der Waals surface area contributed by atoms with Crippen molar-refractivity contribution < 1.29 is 10.2 Å². The van der Waals surface area contributed by atoms with E-state index in [0.29, 0.717) is 13.1 Å². The van der Waals surface area contributed by atoms with E-state index >= 15 is 0 Å². The van der Waals surface area contributed by atoms with E-state index in [9.17, 15) is 10.2 Å². The SMILES string of the molecule is OCCN1CCN(C[C@@H](O)Cn2c(-c3ccccc3)c(-c3ccccc3)c3ccc4ccccc4c32)CC1. The van der Waals surface area contributed by atoms with Gasteiger partial charge in [0.05, 0.1) is 30.5 Å². The van der Waals surface area contributed by atoms with Crippen LogP contribution in [0.4, 0.5) is 0 Å². The van der Waals surface area contributed by atoms with Crippen molar-refractivity contribution in [2.75, 3.05) is 45.9 Å². The van der Waals surface area contributed by atoms with Crippen molar-refractivity contribution in [3.8, 4) is 22.4 Å². The minimum absolute atomic E-state index is 0.198. The van der Waals surface area contributed by atoms with Crippen LogP contribution < -0.4 is 0 Å². The monoisotopic (exact) mass is 505 g/mol. The molecular formula is C33H35N3O2. The summed E-state index contributed by atoms with van der Waals surface area (Å²) in [5, 5.41) is 24.4. The van der Waals surface area contributed by atoms with Gasteiger partial charge in [0.25, 0.3) is 0 Å². The van der Waals surface area contributed by atoms with Crippen LogP contribution in [0.25, 0.3) is 44.1 Å². The maximum absolute atomic E-state index is 11.5. The number of nitrogens with zero attached hydrogens (tertiary/aromatic N) is 3. The number of benzene rings is 4. The zero-order valence-electron chi connectivity index (χ0n) is 21.7. The number of β-amino-alcohol motifs (C(OH)–C–C–N with tert-alkyl or cyclic N) is 2. The maximum atomic E-state index is 11.5. The molecule has 1 aromatic heterocycles. The van der Waals surface area contributed by atoms with Crippen LogP contribution in [0.3, 0.4) is 0 Å². The zero-order chi connectivity index (χ0) is 25.9. The third kappa shape index (κ3) is 4.86. The van der Waals surface area contributed by atoms with Crippen molar-refractivity contribution in [3.05, 3.63) is 97.1 Å². The average molecular weight is 506 g/mol. The lowest BCUT2D eigenvalue weighted by atomic mass is 9.97. The molecule has 2 N–H and O–H groups in total. The molecule has 1 fully saturated rings. The summed E-state index contributed by atoms with van der Waals surface area (Å²) in [6.07, 6.45) is -0.514. The van der Waals surface area contributed by atoms with E-state index in [4.69, 9.17) is 0 Å². The smallest absolute Gasteiger partial charge is 0.0845 e. The molecule has 6 rings (SSSR count). The first-order valence-electron chi connectivity index (χ1n) is 13.6. The number of piperazine rings is 1. The number of aromatic nitrogens is 1. The molecule has 0 spiro atoms. The first-order valence-corrected chi connectivity index (χ1v) is 13.6. The molecule has 0 amide bonds. The molecular weight excluding hydrogens is 470 g/mol. The fraction of sp³-hybridized carbons (Fsp3) is 0.273. The summed E-state index contributed by atoms with van der Waals surface area (Å²) in [4.78, 5) is 4.64. The Balaban J connectivity index is 1.47. The van der Waals surface area contributed by atoms with Gasteiger partial charge in [-0.2, -0.15) is 0 Å². The normalized spacial score (nSPS) is 15.8. The highest BCUT2D eigenvalue weighted by molar-refractivity contribution is 6.15. The van der Waals surface area contributed by atoms with Gasteiger partial charge in [-0.15, -0.1) is 0 Å². The lowest BCUT2D eigenvalue weighted by Gasteiger charge is -2.35. The largest absolute Gasteiger partial charge is 0.395 e. The van der Waals surface area contributed by atoms with Crippen LogP contribution in [0.1, 0.15) is 0 Å². The van der Waals surface area contributed by atoms with Crippen molar-refractivity contribution in [2.24, 2.45) is 0 Å². The predicted molar refractivity (Wildman–Crippen MR) is 156 cm³/mol. The first-order chi connectivity index (χ1) is 18.7. The van der Waals surface area contributed by atoms with Gasteiger partial charge in [-0.05, 0) is 16.5 Å². The van der Waals surface area contributed by atoms with E-state index in [1.165, 1.54) is 32.8 Å². The second-order valence-electron chi connectivity index (χ2n) is 10.3. The van der Waals surface area contributed by atoms with Crippen molar-refractivity contribution in [1.29, 1.82) is 0 Å². The summed E-state index contributed by atoms with van der Waals surface area (Å²) in [5.74, 6) is 0. The minimum atomic E-state index is -0.514. The zero-order valence-corrected chi connectivity index (χ0v) is 21.7. The van der Waals surface area contributed by atoms with Crippen LogP contribution in [0, 0.1) is 0 Å². The molecule has 2 heterocycles. The van der Waals surface area contributed by atoms with Gasteiger partial charge in [0, 0.05) is 55.6 Å². The molecule has 0 radical (unpaired) electrons. The Morgan fingerprint density at radius 3 is 1.97 bits per heavy atom. The lowest BCUT2D eigenvalue weighted by molar-refractivity contribution is 0.0598. The highest BCUT2D eigenvalue weighted by Crippen LogP contribution is 2.43. The topological polar surface area (TPSA) is 51.9 Å². The summed E-state index contributed by atoms with van der Waals surface area (Å²) in [7, 11) is 0. The van der Waals surface area contributed by atoms with Gasteiger partial charge in [0.2, 0.25) is 0 Å². The Morgan fingerprint density at radius 1 is 0.632 bits per heavy atom. The number of hydrogen-bond acceptors (Lipinski definition) is 4. The van der Waals surface area contributed by atoms with Crippen molar-refractivity contribution in [3.63, 3.8) is 0 Å². The van der Waals surface area contributed by atoms with Crippen LogP contribution in [0.15, 0.2) is 97.1 Å². The molecule has 5 heteroatoms. The van der Waals surface area contributed by atoms with Crippen LogP contribution in [0.2, 0.25) is 0 Å². The molecule has 0 saturated carbocycles. The van der Waals surface area contributed by atoms with E-state index in [-0.39, 0.29) is 6.61 Å². The molecule has 5 aromatic rings. The number of aliphatic hydroxyl groups is 2. The van der Waals surface area contributed by atoms with E-state index in [0.717, 1.165) is 44.0 Å². The molecule has 0 aliphatic carbocycles. The third-order valence-corrected chi connectivity index (χ3v) is 7.80. The van der Waals surface area contributed by atoms with Crippen LogP contribution >= 0.6 is 0 Å². The van der Waals surface area contributed by atoms with E-state index in [1.54, 1.807) is 0 Å². The summed E-state index contributed by atoms with van der Waals surface area (Å²) in [6.45, 7) is 5.74. The molecule has 194 valence electrons. The van der Waals surface area contributed by atoms with Gasteiger partial charge in [0.1, 0.15) is 0 Å². The second kappa shape index (κ2) is 11.1. The maximum Gasteiger partial charge on any atom is 0.0845 e. The summed E-state index contributed by atoms with van der Waals surface area (Å²) in [5.41, 5.74) is 5.86. The Labute approximate surface area is 224 Å². The standard InChI is InChI=1S/C33H35N3O2/c37-22-21-34-17-19-35(20-18-34)23-28(38)24-36-32(27-12-5-2-6-13-27)31(26-10-3-1-4-11-26)30-16-15-25-9-7-8-14-29(25)33(30)36/h1-16,28,37-38H,17-24H2/t28-/m1/s1. The minimum Gasteiger partial charge on any atom is -0.395 e. The fourth-order valence-electron chi connectivity index (χ4n) is 6.00. The summed E-state index contributed by atoms with van der Waals surface area (Å²) < 4.78 is 2.36. The first kappa shape index (κ1) is 24.8. The van der Waals surface area contributed by atoms with Gasteiger partial charge < -0.3 is 14.8 Å². The number of fused-ring (bicyclic) bond motifs is 3. The molecule has 0 bridgehead atoms. The fourth-order valence-corrected chi connectivity index (χ4v) is 6.00. The second-order valence-corrected chi connectivity index (χ2v) is 10.3. The molecule has 1 saturated heterocycles. The average Bonchev–Trinajstić information content (AvgIpc) is 3.29. The molecule has 38 heavy (non-hydrogen) atoms. The Bertz CT molecular complexity index is 1510. The molecule has 5 nitrogen and oxygen atoms in total.